The smallest absolute Gasteiger partial charge is 0.265 e. The summed E-state index contributed by atoms with van der Waals surface area (Å²) in [6.07, 6.45) is 0. The van der Waals surface area contributed by atoms with Crippen LogP contribution in [0.15, 0.2) is 34.1 Å². The number of carbonyl (C=O) groups is 1. The van der Waals surface area contributed by atoms with Gasteiger partial charge in [-0.1, -0.05) is 0 Å². The minimum Gasteiger partial charge on any atom is -0.494 e. The van der Waals surface area contributed by atoms with E-state index in [0.717, 1.165) is 3.79 Å². The van der Waals surface area contributed by atoms with Crippen molar-refractivity contribution in [3.05, 3.63) is 39.0 Å². The van der Waals surface area contributed by atoms with Gasteiger partial charge >= 0.3 is 0 Å². The van der Waals surface area contributed by atoms with Crippen LogP contribution >= 0.6 is 27.3 Å². The Labute approximate surface area is 136 Å². The Hall–Kier alpha value is -1.53. The largest absolute Gasteiger partial charge is 0.494 e. The number of carbonyl (C=O) groups excluding carboxylic acids is 1. The van der Waals surface area contributed by atoms with Gasteiger partial charge in [0.1, 0.15) is 11.5 Å². The van der Waals surface area contributed by atoms with Crippen molar-refractivity contribution in [1.29, 1.82) is 0 Å². The Balaban J connectivity index is 2.23. The molecule has 112 valence electrons. The maximum absolute atomic E-state index is 12.2. The summed E-state index contributed by atoms with van der Waals surface area (Å²) in [5.41, 5.74) is 0.609. The summed E-state index contributed by atoms with van der Waals surface area (Å²) >= 11 is 4.73. The van der Waals surface area contributed by atoms with Crippen molar-refractivity contribution in [1.82, 2.24) is 0 Å². The summed E-state index contributed by atoms with van der Waals surface area (Å²) < 4.78 is 11.9. The summed E-state index contributed by atoms with van der Waals surface area (Å²) in [7, 11) is 0. The number of ether oxygens (including phenoxy) is 2. The molecule has 1 N–H and O–H groups in total. The molecule has 4 nitrogen and oxygen atoms in total. The van der Waals surface area contributed by atoms with E-state index in [1.807, 2.05) is 26.0 Å². The third kappa shape index (κ3) is 4.22. The minimum atomic E-state index is -0.166. The minimum absolute atomic E-state index is 0.166. The van der Waals surface area contributed by atoms with E-state index >= 15 is 0 Å². The summed E-state index contributed by atoms with van der Waals surface area (Å²) in [5, 5.41) is 2.87. The van der Waals surface area contributed by atoms with Gasteiger partial charge in [0, 0.05) is 6.07 Å². The summed E-state index contributed by atoms with van der Waals surface area (Å²) in [6.45, 7) is 4.91. The molecule has 0 fully saturated rings. The first-order valence-corrected chi connectivity index (χ1v) is 8.21. The van der Waals surface area contributed by atoms with E-state index in [1.165, 1.54) is 11.3 Å². The van der Waals surface area contributed by atoms with E-state index in [9.17, 15) is 4.79 Å². The number of nitrogens with one attached hydrogen (secondary N) is 1. The fraction of sp³-hybridized carbons (Fsp3) is 0.267. The monoisotopic (exact) mass is 369 g/mol. The maximum Gasteiger partial charge on any atom is 0.265 e. The normalized spacial score (nSPS) is 10.2. The van der Waals surface area contributed by atoms with Crippen LogP contribution in [0.4, 0.5) is 5.69 Å². The van der Waals surface area contributed by atoms with Crippen LogP contribution in [0.3, 0.4) is 0 Å². The van der Waals surface area contributed by atoms with Crippen LogP contribution in [0.25, 0.3) is 0 Å². The lowest BCUT2D eigenvalue weighted by atomic mass is 10.2. The molecule has 0 bridgehead atoms. The van der Waals surface area contributed by atoms with Crippen molar-refractivity contribution in [2.75, 3.05) is 18.5 Å². The van der Waals surface area contributed by atoms with Gasteiger partial charge in [-0.3, -0.25) is 4.79 Å². The summed E-state index contributed by atoms with van der Waals surface area (Å²) in [6, 6.07) is 9.02. The third-order valence-corrected chi connectivity index (χ3v) is 4.23. The zero-order chi connectivity index (χ0) is 15.2. The molecule has 0 aliphatic rings. The molecule has 0 aliphatic heterocycles. The SMILES string of the molecule is CCOc1ccc(OCC)c(NC(=O)c2ccc(Br)s2)c1. The number of anilines is 1. The fourth-order valence-electron chi connectivity index (χ4n) is 1.76. The molecule has 0 unspecified atom stereocenters. The first-order chi connectivity index (χ1) is 10.1. The summed E-state index contributed by atoms with van der Waals surface area (Å²) in [4.78, 5) is 12.9. The molecule has 1 aromatic heterocycles. The van der Waals surface area contributed by atoms with Crippen molar-refractivity contribution < 1.29 is 14.3 Å². The van der Waals surface area contributed by atoms with Crippen LogP contribution < -0.4 is 14.8 Å². The third-order valence-electron chi connectivity index (χ3n) is 2.61. The standard InChI is InChI=1S/C15H16BrNO3S/c1-3-19-10-5-6-12(20-4-2)11(9-10)17-15(18)13-7-8-14(16)21-13/h5-9H,3-4H2,1-2H3,(H,17,18). The lowest BCUT2D eigenvalue weighted by molar-refractivity contribution is 0.103. The molecule has 0 saturated carbocycles. The van der Waals surface area contributed by atoms with Gasteiger partial charge in [0.2, 0.25) is 0 Å². The van der Waals surface area contributed by atoms with Crippen LogP contribution in [0, 0.1) is 0 Å². The highest BCUT2D eigenvalue weighted by atomic mass is 79.9. The molecule has 0 aliphatic carbocycles. The van der Waals surface area contributed by atoms with Gasteiger partial charge in [0.05, 0.1) is 27.6 Å². The maximum atomic E-state index is 12.2. The van der Waals surface area contributed by atoms with Gasteiger partial charge in [-0.15, -0.1) is 11.3 Å². The zero-order valence-electron chi connectivity index (χ0n) is 11.8. The quantitative estimate of drug-likeness (QED) is 0.811. The number of hydrogen-bond acceptors (Lipinski definition) is 4. The second-order valence-corrected chi connectivity index (χ2v) is 6.54. The zero-order valence-corrected chi connectivity index (χ0v) is 14.2. The van der Waals surface area contributed by atoms with E-state index in [-0.39, 0.29) is 5.91 Å². The van der Waals surface area contributed by atoms with Crippen LogP contribution in [0.5, 0.6) is 11.5 Å². The molecule has 6 heteroatoms. The number of benzene rings is 1. The summed E-state index contributed by atoms with van der Waals surface area (Å²) in [5.74, 6) is 1.16. The highest BCUT2D eigenvalue weighted by molar-refractivity contribution is 9.11. The molecule has 2 rings (SSSR count). The van der Waals surface area contributed by atoms with Crippen molar-refractivity contribution in [3.63, 3.8) is 0 Å². The first kappa shape index (κ1) is 15.9. The van der Waals surface area contributed by atoms with E-state index in [1.54, 1.807) is 18.2 Å². The van der Waals surface area contributed by atoms with Crippen molar-refractivity contribution in [3.8, 4) is 11.5 Å². The average Bonchev–Trinajstić information content (AvgIpc) is 2.89. The van der Waals surface area contributed by atoms with Crippen molar-refractivity contribution >= 4 is 38.9 Å². The highest BCUT2D eigenvalue weighted by Gasteiger charge is 2.13. The topological polar surface area (TPSA) is 47.6 Å². The van der Waals surface area contributed by atoms with Gasteiger partial charge in [-0.25, -0.2) is 0 Å². The number of amides is 1. The van der Waals surface area contributed by atoms with E-state index < -0.39 is 0 Å². The Morgan fingerprint density at radius 3 is 2.57 bits per heavy atom. The molecular formula is C15H16BrNO3S. The van der Waals surface area contributed by atoms with Crippen molar-refractivity contribution in [2.24, 2.45) is 0 Å². The van der Waals surface area contributed by atoms with E-state index in [0.29, 0.717) is 35.3 Å². The van der Waals surface area contributed by atoms with Crippen molar-refractivity contribution in [2.45, 2.75) is 13.8 Å². The van der Waals surface area contributed by atoms with E-state index in [4.69, 9.17) is 9.47 Å². The van der Waals surface area contributed by atoms with E-state index in [2.05, 4.69) is 21.2 Å². The van der Waals surface area contributed by atoms with Crippen LogP contribution in [0.2, 0.25) is 0 Å². The van der Waals surface area contributed by atoms with Crippen LogP contribution in [-0.4, -0.2) is 19.1 Å². The Bertz CT molecular complexity index is 627. The predicted octanol–water partition coefficient (Wildman–Crippen LogP) is 4.56. The molecule has 2 aromatic rings. The number of thiophene rings is 1. The van der Waals surface area contributed by atoms with Gasteiger partial charge in [0.25, 0.3) is 5.91 Å². The van der Waals surface area contributed by atoms with Gasteiger partial charge < -0.3 is 14.8 Å². The lowest BCUT2D eigenvalue weighted by Crippen LogP contribution is -2.11. The second kappa shape index (κ2) is 7.47. The van der Waals surface area contributed by atoms with Gasteiger partial charge in [-0.2, -0.15) is 0 Å². The molecule has 0 saturated heterocycles. The Kier molecular flexibility index (Phi) is 5.64. The number of rotatable bonds is 6. The molecule has 1 aromatic carbocycles. The Morgan fingerprint density at radius 1 is 1.19 bits per heavy atom. The first-order valence-electron chi connectivity index (χ1n) is 6.60. The average molecular weight is 370 g/mol. The fourth-order valence-corrected chi connectivity index (χ4v) is 3.05. The lowest BCUT2D eigenvalue weighted by Gasteiger charge is -2.13. The molecule has 21 heavy (non-hydrogen) atoms. The highest BCUT2D eigenvalue weighted by Crippen LogP contribution is 2.31. The van der Waals surface area contributed by atoms with Crippen LogP contribution in [0.1, 0.15) is 23.5 Å². The molecule has 0 radical (unpaired) electrons. The predicted molar refractivity (Wildman–Crippen MR) is 88.8 cm³/mol. The molecule has 1 heterocycles. The van der Waals surface area contributed by atoms with Gasteiger partial charge in [0.15, 0.2) is 0 Å². The Morgan fingerprint density at radius 2 is 1.95 bits per heavy atom. The van der Waals surface area contributed by atoms with Gasteiger partial charge in [-0.05, 0) is 54.0 Å². The molecule has 0 spiro atoms. The second-order valence-electron chi connectivity index (χ2n) is 4.08. The molecular weight excluding hydrogens is 354 g/mol. The number of halogens is 1. The molecule has 0 atom stereocenters. The number of hydrogen-bond donors (Lipinski definition) is 1. The van der Waals surface area contributed by atoms with Crippen LogP contribution in [-0.2, 0) is 0 Å². The molecule has 1 amide bonds.